The van der Waals surface area contributed by atoms with Crippen LogP contribution in [-0.2, 0) is 12.8 Å². The first-order valence-electron chi connectivity index (χ1n) is 6.45. The van der Waals surface area contributed by atoms with Gasteiger partial charge in [-0.25, -0.2) is 4.98 Å². The summed E-state index contributed by atoms with van der Waals surface area (Å²) in [6.07, 6.45) is 3.37. The van der Waals surface area contributed by atoms with Crippen LogP contribution in [0.15, 0.2) is 34.9 Å². The van der Waals surface area contributed by atoms with Crippen molar-refractivity contribution in [2.24, 2.45) is 0 Å². The molecule has 0 aliphatic carbocycles. The lowest BCUT2D eigenvalue weighted by atomic mass is 10.1. The van der Waals surface area contributed by atoms with Gasteiger partial charge in [0.25, 0.3) is 0 Å². The zero-order chi connectivity index (χ0) is 13.7. The van der Waals surface area contributed by atoms with E-state index in [1.165, 1.54) is 0 Å². The third-order valence-corrected chi connectivity index (χ3v) is 3.12. The molecule has 0 fully saturated rings. The van der Waals surface area contributed by atoms with E-state index in [0.29, 0.717) is 12.5 Å². The highest BCUT2D eigenvalue weighted by Gasteiger charge is 2.08. The number of nitrogens with one attached hydrogen (secondary N) is 1. The molecule has 0 radical (unpaired) electrons. The number of nitrogens with zero attached hydrogens (tertiary/aromatic N) is 1. The van der Waals surface area contributed by atoms with Crippen LogP contribution in [0.3, 0.4) is 0 Å². The number of benzene rings is 1. The van der Waals surface area contributed by atoms with Crippen LogP contribution in [0.1, 0.15) is 24.1 Å². The molecule has 102 valence electrons. The Morgan fingerprint density at radius 2 is 2.05 bits per heavy atom. The molecule has 0 bridgehead atoms. The Labute approximate surface area is 113 Å². The van der Waals surface area contributed by atoms with Crippen LogP contribution in [0.2, 0.25) is 0 Å². The van der Waals surface area contributed by atoms with Crippen LogP contribution >= 0.6 is 0 Å². The van der Waals surface area contributed by atoms with Crippen molar-refractivity contribution in [2.75, 3.05) is 14.2 Å². The first-order valence-corrected chi connectivity index (χ1v) is 6.45. The lowest BCUT2D eigenvalue weighted by Crippen LogP contribution is -2.23. The van der Waals surface area contributed by atoms with Gasteiger partial charge in [0, 0.05) is 18.9 Å². The smallest absolute Gasteiger partial charge is 0.198 e. The Hall–Kier alpha value is -1.81. The third-order valence-electron chi connectivity index (χ3n) is 3.12. The van der Waals surface area contributed by atoms with E-state index < -0.39 is 0 Å². The standard InChI is InChI=1S/C15H20N2O2/c1-11(16-2)8-14-10-17-15(19-14)9-12-4-6-13(18-3)7-5-12/h4-7,10-11,16H,8-9H2,1-3H3. The summed E-state index contributed by atoms with van der Waals surface area (Å²) in [5.74, 6) is 2.54. The van der Waals surface area contributed by atoms with Crippen molar-refractivity contribution >= 4 is 0 Å². The van der Waals surface area contributed by atoms with E-state index in [-0.39, 0.29) is 0 Å². The molecular weight excluding hydrogens is 240 g/mol. The van der Waals surface area contributed by atoms with E-state index in [4.69, 9.17) is 9.15 Å². The number of hydrogen-bond acceptors (Lipinski definition) is 4. The van der Waals surface area contributed by atoms with E-state index in [2.05, 4.69) is 17.2 Å². The summed E-state index contributed by atoms with van der Waals surface area (Å²) in [7, 11) is 3.61. The molecule has 1 aromatic heterocycles. The lowest BCUT2D eigenvalue weighted by Gasteiger charge is -2.06. The number of hydrogen-bond donors (Lipinski definition) is 1. The molecule has 0 aliphatic heterocycles. The van der Waals surface area contributed by atoms with Crippen LogP contribution in [0.5, 0.6) is 5.75 Å². The number of oxazole rings is 1. The Morgan fingerprint density at radius 1 is 1.32 bits per heavy atom. The van der Waals surface area contributed by atoms with Crippen LogP contribution in [-0.4, -0.2) is 25.2 Å². The van der Waals surface area contributed by atoms with Gasteiger partial charge in [0.15, 0.2) is 5.89 Å². The second kappa shape index (κ2) is 6.38. The third kappa shape index (κ3) is 3.83. The monoisotopic (exact) mass is 260 g/mol. The first-order chi connectivity index (χ1) is 9.21. The fraction of sp³-hybridized carbons (Fsp3) is 0.400. The van der Waals surface area contributed by atoms with Gasteiger partial charge in [0.05, 0.1) is 13.3 Å². The zero-order valence-corrected chi connectivity index (χ0v) is 11.6. The van der Waals surface area contributed by atoms with E-state index >= 15 is 0 Å². The van der Waals surface area contributed by atoms with Crippen molar-refractivity contribution in [1.82, 2.24) is 10.3 Å². The molecule has 2 aromatic rings. The molecular formula is C15H20N2O2. The molecule has 0 aliphatic rings. The van der Waals surface area contributed by atoms with E-state index in [9.17, 15) is 0 Å². The average Bonchev–Trinajstić information content (AvgIpc) is 2.86. The topological polar surface area (TPSA) is 47.3 Å². The highest BCUT2D eigenvalue weighted by Crippen LogP contribution is 2.15. The van der Waals surface area contributed by atoms with Crippen LogP contribution in [0.4, 0.5) is 0 Å². The Bertz CT molecular complexity index is 505. The van der Waals surface area contributed by atoms with Gasteiger partial charge in [-0.2, -0.15) is 0 Å². The summed E-state index contributed by atoms with van der Waals surface area (Å²) in [5.41, 5.74) is 1.16. The molecule has 19 heavy (non-hydrogen) atoms. The molecule has 1 unspecified atom stereocenters. The van der Waals surface area contributed by atoms with Crippen molar-refractivity contribution in [3.8, 4) is 5.75 Å². The number of aromatic nitrogens is 1. The summed E-state index contributed by atoms with van der Waals surface area (Å²) in [5, 5.41) is 3.18. The minimum atomic E-state index is 0.391. The van der Waals surface area contributed by atoms with E-state index in [1.807, 2.05) is 37.5 Å². The minimum absolute atomic E-state index is 0.391. The predicted octanol–water partition coefficient (Wildman–Crippen LogP) is 2.42. The summed E-state index contributed by atoms with van der Waals surface area (Å²) >= 11 is 0. The van der Waals surface area contributed by atoms with Gasteiger partial charge >= 0.3 is 0 Å². The largest absolute Gasteiger partial charge is 0.497 e. The number of ether oxygens (including phenoxy) is 1. The van der Waals surface area contributed by atoms with Crippen LogP contribution < -0.4 is 10.1 Å². The fourth-order valence-corrected chi connectivity index (χ4v) is 1.85. The number of methoxy groups -OCH3 is 1. The SMILES string of the molecule is CNC(C)Cc1cnc(Cc2ccc(OC)cc2)o1. The Kier molecular flexibility index (Phi) is 4.58. The van der Waals surface area contributed by atoms with Gasteiger partial charge < -0.3 is 14.5 Å². The molecule has 0 spiro atoms. The van der Waals surface area contributed by atoms with Crippen molar-refractivity contribution in [1.29, 1.82) is 0 Å². The normalized spacial score (nSPS) is 12.4. The molecule has 1 heterocycles. The fourth-order valence-electron chi connectivity index (χ4n) is 1.85. The maximum absolute atomic E-state index is 5.73. The predicted molar refractivity (Wildman–Crippen MR) is 74.5 cm³/mol. The van der Waals surface area contributed by atoms with Crippen molar-refractivity contribution < 1.29 is 9.15 Å². The molecule has 1 aromatic carbocycles. The van der Waals surface area contributed by atoms with Crippen LogP contribution in [0.25, 0.3) is 0 Å². The minimum Gasteiger partial charge on any atom is -0.497 e. The van der Waals surface area contributed by atoms with E-state index in [0.717, 1.165) is 29.4 Å². The van der Waals surface area contributed by atoms with Crippen molar-refractivity contribution in [3.63, 3.8) is 0 Å². The number of likely N-dealkylation sites (N-methyl/N-ethyl adjacent to an activating group) is 1. The highest BCUT2D eigenvalue weighted by molar-refractivity contribution is 5.28. The number of rotatable bonds is 6. The average molecular weight is 260 g/mol. The molecule has 4 nitrogen and oxygen atoms in total. The Balaban J connectivity index is 1.98. The second-order valence-electron chi connectivity index (χ2n) is 4.64. The van der Waals surface area contributed by atoms with Crippen molar-refractivity contribution in [3.05, 3.63) is 47.7 Å². The summed E-state index contributed by atoms with van der Waals surface area (Å²) < 4.78 is 10.9. The molecule has 0 amide bonds. The Morgan fingerprint density at radius 3 is 2.68 bits per heavy atom. The summed E-state index contributed by atoms with van der Waals surface area (Å²) in [6.45, 7) is 2.12. The molecule has 1 N–H and O–H groups in total. The quantitative estimate of drug-likeness (QED) is 0.866. The summed E-state index contributed by atoms with van der Waals surface area (Å²) in [6, 6.07) is 8.34. The molecule has 1 atom stereocenters. The maximum atomic E-state index is 5.73. The maximum Gasteiger partial charge on any atom is 0.198 e. The van der Waals surface area contributed by atoms with Gasteiger partial charge in [0.2, 0.25) is 0 Å². The van der Waals surface area contributed by atoms with Gasteiger partial charge in [-0.05, 0) is 31.7 Å². The van der Waals surface area contributed by atoms with Crippen LogP contribution in [0, 0.1) is 0 Å². The molecule has 2 rings (SSSR count). The van der Waals surface area contributed by atoms with Gasteiger partial charge in [-0.15, -0.1) is 0 Å². The second-order valence-corrected chi connectivity index (χ2v) is 4.64. The van der Waals surface area contributed by atoms with Gasteiger partial charge in [0.1, 0.15) is 11.5 Å². The summed E-state index contributed by atoms with van der Waals surface area (Å²) in [4.78, 5) is 4.32. The zero-order valence-electron chi connectivity index (χ0n) is 11.6. The van der Waals surface area contributed by atoms with Gasteiger partial charge in [-0.3, -0.25) is 0 Å². The first kappa shape index (κ1) is 13.6. The lowest BCUT2D eigenvalue weighted by molar-refractivity contribution is 0.414. The van der Waals surface area contributed by atoms with Gasteiger partial charge in [-0.1, -0.05) is 12.1 Å². The molecule has 4 heteroatoms. The van der Waals surface area contributed by atoms with E-state index in [1.54, 1.807) is 7.11 Å². The highest BCUT2D eigenvalue weighted by atomic mass is 16.5. The van der Waals surface area contributed by atoms with Crippen molar-refractivity contribution in [2.45, 2.75) is 25.8 Å². The molecule has 0 saturated carbocycles. The molecule has 0 saturated heterocycles.